The summed E-state index contributed by atoms with van der Waals surface area (Å²) in [6.07, 6.45) is 0. The molecular formula is C14H17N3O2. The van der Waals surface area contributed by atoms with Crippen LogP contribution >= 0.6 is 0 Å². The van der Waals surface area contributed by atoms with E-state index in [4.69, 9.17) is 5.73 Å². The largest absolute Gasteiger partial charge is 0.358 e. The number of carbonyl (C=O) groups excluding carboxylic acids is 2. The van der Waals surface area contributed by atoms with Crippen LogP contribution in [0.25, 0.3) is 0 Å². The maximum atomic E-state index is 11.9. The highest BCUT2D eigenvalue weighted by Crippen LogP contribution is 2.10. The van der Waals surface area contributed by atoms with Crippen molar-refractivity contribution in [2.75, 3.05) is 20.1 Å². The van der Waals surface area contributed by atoms with Gasteiger partial charge in [-0.3, -0.25) is 9.59 Å². The molecule has 0 bridgehead atoms. The average molecular weight is 259 g/mol. The fourth-order valence-electron chi connectivity index (χ4n) is 1.44. The lowest BCUT2D eigenvalue weighted by Gasteiger charge is -2.07. The van der Waals surface area contributed by atoms with E-state index in [1.807, 2.05) is 19.1 Å². The fourth-order valence-corrected chi connectivity index (χ4v) is 1.44. The van der Waals surface area contributed by atoms with Gasteiger partial charge in [-0.25, -0.2) is 0 Å². The van der Waals surface area contributed by atoms with E-state index in [0.29, 0.717) is 5.56 Å². The monoisotopic (exact) mass is 259 g/mol. The molecule has 0 atom stereocenters. The van der Waals surface area contributed by atoms with E-state index in [9.17, 15) is 9.59 Å². The molecule has 0 radical (unpaired) electrons. The van der Waals surface area contributed by atoms with Crippen LogP contribution in [0.1, 0.15) is 21.5 Å². The Morgan fingerprint density at radius 3 is 2.74 bits per heavy atom. The van der Waals surface area contributed by atoms with Crippen molar-refractivity contribution in [3.63, 3.8) is 0 Å². The van der Waals surface area contributed by atoms with Gasteiger partial charge in [0.05, 0.1) is 13.1 Å². The number of benzene rings is 1. The zero-order chi connectivity index (χ0) is 14.3. The summed E-state index contributed by atoms with van der Waals surface area (Å²) in [7, 11) is 1.52. The van der Waals surface area contributed by atoms with Crippen LogP contribution in [0.5, 0.6) is 0 Å². The Morgan fingerprint density at radius 2 is 2.11 bits per heavy atom. The molecular weight excluding hydrogens is 242 g/mol. The molecule has 0 saturated carbocycles. The Bertz CT molecular complexity index is 541. The lowest BCUT2D eigenvalue weighted by molar-refractivity contribution is -0.119. The lowest BCUT2D eigenvalue weighted by Crippen LogP contribution is -2.35. The van der Waals surface area contributed by atoms with Crippen molar-refractivity contribution in [2.24, 2.45) is 5.73 Å². The van der Waals surface area contributed by atoms with Gasteiger partial charge in [-0.1, -0.05) is 17.9 Å². The Hall–Kier alpha value is -2.32. The number of likely N-dealkylation sites (N-methyl/N-ethyl adjacent to an activating group) is 1. The standard InChI is InChI=1S/C14H17N3O2/c1-10-5-6-11(4-3-7-15)8-12(10)14(19)17-9-13(18)16-2/h5-6,8H,7,9,15H2,1-2H3,(H,16,18)(H,17,19). The number of hydrogen-bond donors (Lipinski definition) is 3. The van der Waals surface area contributed by atoms with E-state index >= 15 is 0 Å². The Balaban J connectivity index is 2.86. The van der Waals surface area contributed by atoms with Crippen LogP contribution in [-0.4, -0.2) is 32.0 Å². The second-order valence-electron chi connectivity index (χ2n) is 3.89. The number of aryl methyl sites for hydroxylation is 1. The summed E-state index contributed by atoms with van der Waals surface area (Å²) < 4.78 is 0. The van der Waals surface area contributed by atoms with Gasteiger partial charge in [0.15, 0.2) is 0 Å². The van der Waals surface area contributed by atoms with Gasteiger partial charge in [0.1, 0.15) is 0 Å². The summed E-state index contributed by atoms with van der Waals surface area (Å²) >= 11 is 0. The highest BCUT2D eigenvalue weighted by Gasteiger charge is 2.10. The van der Waals surface area contributed by atoms with Crippen LogP contribution in [0.2, 0.25) is 0 Å². The van der Waals surface area contributed by atoms with Gasteiger partial charge in [-0.2, -0.15) is 0 Å². The first-order valence-corrected chi connectivity index (χ1v) is 5.87. The van der Waals surface area contributed by atoms with Gasteiger partial charge >= 0.3 is 0 Å². The second-order valence-corrected chi connectivity index (χ2v) is 3.89. The first-order chi connectivity index (χ1) is 9.08. The Morgan fingerprint density at radius 1 is 1.37 bits per heavy atom. The van der Waals surface area contributed by atoms with Crippen molar-refractivity contribution < 1.29 is 9.59 Å². The molecule has 5 heteroatoms. The van der Waals surface area contributed by atoms with Crippen molar-refractivity contribution >= 4 is 11.8 Å². The highest BCUT2D eigenvalue weighted by molar-refractivity contribution is 5.97. The fraction of sp³-hybridized carbons (Fsp3) is 0.286. The summed E-state index contributed by atoms with van der Waals surface area (Å²) in [5.41, 5.74) is 7.36. The smallest absolute Gasteiger partial charge is 0.252 e. The minimum Gasteiger partial charge on any atom is -0.358 e. The third kappa shape index (κ3) is 4.45. The molecule has 0 heterocycles. The molecule has 0 aliphatic rings. The topological polar surface area (TPSA) is 84.2 Å². The summed E-state index contributed by atoms with van der Waals surface area (Å²) in [6.45, 7) is 2.05. The van der Waals surface area contributed by atoms with E-state index in [-0.39, 0.29) is 24.9 Å². The van der Waals surface area contributed by atoms with Crippen molar-refractivity contribution in [1.82, 2.24) is 10.6 Å². The maximum Gasteiger partial charge on any atom is 0.252 e. The van der Waals surface area contributed by atoms with Crippen LogP contribution in [0.4, 0.5) is 0 Å². The number of nitrogens with one attached hydrogen (secondary N) is 2. The van der Waals surface area contributed by atoms with Crippen molar-refractivity contribution in [2.45, 2.75) is 6.92 Å². The van der Waals surface area contributed by atoms with Crippen LogP contribution in [0.15, 0.2) is 18.2 Å². The first-order valence-electron chi connectivity index (χ1n) is 5.87. The van der Waals surface area contributed by atoms with Crippen LogP contribution in [-0.2, 0) is 4.79 Å². The molecule has 4 N–H and O–H groups in total. The summed E-state index contributed by atoms with van der Waals surface area (Å²) in [6, 6.07) is 5.33. The quantitative estimate of drug-likeness (QED) is 0.656. The van der Waals surface area contributed by atoms with Crippen molar-refractivity contribution in [3.8, 4) is 11.8 Å². The Labute approximate surface area is 112 Å². The molecule has 100 valence electrons. The van der Waals surface area contributed by atoms with Crippen LogP contribution < -0.4 is 16.4 Å². The molecule has 0 aliphatic heterocycles. The molecule has 0 aliphatic carbocycles. The normalized spacial score (nSPS) is 9.21. The van der Waals surface area contributed by atoms with E-state index in [1.54, 1.807) is 6.07 Å². The number of amides is 2. The lowest BCUT2D eigenvalue weighted by atomic mass is 10.0. The predicted octanol–water partition coefficient (Wildman–Crippen LogP) is -0.219. The number of carbonyl (C=O) groups is 2. The number of rotatable bonds is 3. The SMILES string of the molecule is CNC(=O)CNC(=O)c1cc(C#CCN)ccc1C. The molecule has 1 aromatic carbocycles. The summed E-state index contributed by atoms with van der Waals surface area (Å²) in [4.78, 5) is 23.0. The van der Waals surface area contributed by atoms with Gasteiger partial charge in [0.25, 0.3) is 5.91 Å². The van der Waals surface area contributed by atoms with Gasteiger partial charge in [0.2, 0.25) is 5.91 Å². The molecule has 19 heavy (non-hydrogen) atoms. The summed E-state index contributed by atoms with van der Waals surface area (Å²) in [5.74, 6) is 5.06. The van der Waals surface area contributed by atoms with Gasteiger partial charge in [-0.15, -0.1) is 0 Å². The van der Waals surface area contributed by atoms with E-state index in [1.165, 1.54) is 7.05 Å². The van der Waals surface area contributed by atoms with E-state index < -0.39 is 0 Å². The van der Waals surface area contributed by atoms with Gasteiger partial charge in [-0.05, 0) is 24.6 Å². The zero-order valence-corrected chi connectivity index (χ0v) is 11.0. The third-order valence-electron chi connectivity index (χ3n) is 2.51. The third-order valence-corrected chi connectivity index (χ3v) is 2.51. The minimum atomic E-state index is -0.294. The highest BCUT2D eigenvalue weighted by atomic mass is 16.2. The zero-order valence-electron chi connectivity index (χ0n) is 11.0. The number of nitrogens with two attached hydrogens (primary N) is 1. The van der Waals surface area contributed by atoms with Crippen molar-refractivity contribution in [3.05, 3.63) is 34.9 Å². The van der Waals surface area contributed by atoms with Gasteiger partial charge in [0, 0.05) is 18.2 Å². The summed E-state index contributed by atoms with van der Waals surface area (Å²) in [5, 5.41) is 4.99. The molecule has 2 amide bonds. The van der Waals surface area contributed by atoms with E-state index in [2.05, 4.69) is 22.5 Å². The van der Waals surface area contributed by atoms with Crippen LogP contribution in [0.3, 0.4) is 0 Å². The predicted molar refractivity (Wildman–Crippen MR) is 73.5 cm³/mol. The maximum absolute atomic E-state index is 11.9. The van der Waals surface area contributed by atoms with Gasteiger partial charge < -0.3 is 16.4 Å². The van der Waals surface area contributed by atoms with Crippen LogP contribution in [0, 0.1) is 18.8 Å². The number of hydrogen-bond acceptors (Lipinski definition) is 3. The molecule has 0 saturated heterocycles. The molecule has 0 unspecified atom stereocenters. The molecule has 0 aromatic heterocycles. The first kappa shape index (κ1) is 14.7. The van der Waals surface area contributed by atoms with E-state index in [0.717, 1.165) is 11.1 Å². The molecule has 1 rings (SSSR count). The molecule has 0 fully saturated rings. The second kappa shape index (κ2) is 7.19. The average Bonchev–Trinajstić information content (AvgIpc) is 2.43. The molecule has 0 spiro atoms. The molecule has 5 nitrogen and oxygen atoms in total. The minimum absolute atomic E-state index is 0.0481. The Kier molecular flexibility index (Phi) is 5.58. The van der Waals surface area contributed by atoms with Crippen molar-refractivity contribution in [1.29, 1.82) is 0 Å². The molecule has 1 aromatic rings.